The Balaban J connectivity index is 1.85. The van der Waals surface area contributed by atoms with Gasteiger partial charge < -0.3 is 5.73 Å². The molecular formula is C14H18ClN5S. The molecule has 1 aromatic heterocycles. The molecule has 0 radical (unpaired) electrons. The normalized spacial score (nSPS) is 16.1. The van der Waals surface area contributed by atoms with Gasteiger partial charge in [0.2, 0.25) is 5.16 Å². The van der Waals surface area contributed by atoms with Gasteiger partial charge in [-0.05, 0) is 71.6 Å². The number of nitrogens with two attached hydrogens (primary N) is 1. The predicted molar refractivity (Wildman–Crippen MR) is 83.6 cm³/mol. The second kappa shape index (κ2) is 6.34. The van der Waals surface area contributed by atoms with Crippen molar-refractivity contribution >= 4 is 23.4 Å². The summed E-state index contributed by atoms with van der Waals surface area (Å²) in [5.41, 5.74) is 7.25. The fraction of sp³-hybridized carbons (Fsp3) is 0.500. The Kier molecular flexibility index (Phi) is 4.47. The lowest BCUT2D eigenvalue weighted by Crippen LogP contribution is -2.21. The van der Waals surface area contributed by atoms with Gasteiger partial charge in [0.15, 0.2) is 0 Å². The molecule has 1 saturated carbocycles. The number of hydrogen-bond acceptors (Lipinski definition) is 5. The molecule has 0 amide bonds. The van der Waals surface area contributed by atoms with Crippen LogP contribution in [0.1, 0.15) is 37.8 Å². The lowest BCUT2D eigenvalue weighted by atomic mass is 10.0. The SMILES string of the molecule is CCC(N)Cc1cc(Cl)ccc1Sc1nnnn1C1CC1. The van der Waals surface area contributed by atoms with Gasteiger partial charge in [0.1, 0.15) is 0 Å². The van der Waals surface area contributed by atoms with Gasteiger partial charge in [-0.1, -0.05) is 18.5 Å². The Bertz CT molecular complexity index is 626. The smallest absolute Gasteiger partial charge is 0.214 e. The van der Waals surface area contributed by atoms with Crippen LogP contribution >= 0.6 is 23.4 Å². The summed E-state index contributed by atoms with van der Waals surface area (Å²) < 4.78 is 1.92. The number of hydrogen-bond donors (Lipinski definition) is 1. The van der Waals surface area contributed by atoms with Gasteiger partial charge in [0.25, 0.3) is 0 Å². The summed E-state index contributed by atoms with van der Waals surface area (Å²) in [5.74, 6) is 0. The van der Waals surface area contributed by atoms with Crippen LogP contribution in [0.4, 0.5) is 0 Å². The highest BCUT2D eigenvalue weighted by Crippen LogP contribution is 2.39. The van der Waals surface area contributed by atoms with Gasteiger partial charge in [-0.15, -0.1) is 5.10 Å². The third-order valence-corrected chi connectivity index (χ3v) is 4.89. The summed E-state index contributed by atoms with van der Waals surface area (Å²) in [4.78, 5) is 1.13. The van der Waals surface area contributed by atoms with Crippen LogP contribution in [-0.2, 0) is 6.42 Å². The number of nitrogens with zero attached hydrogens (tertiary/aromatic N) is 4. The Morgan fingerprint density at radius 3 is 3.00 bits per heavy atom. The minimum atomic E-state index is 0.141. The molecule has 1 atom stereocenters. The van der Waals surface area contributed by atoms with Crippen LogP contribution in [0.15, 0.2) is 28.3 Å². The first-order valence-corrected chi connectivity index (χ1v) is 8.36. The summed E-state index contributed by atoms with van der Waals surface area (Å²) in [6.45, 7) is 2.09. The zero-order valence-electron chi connectivity index (χ0n) is 11.9. The molecular weight excluding hydrogens is 306 g/mol. The van der Waals surface area contributed by atoms with Crippen LogP contribution in [0.2, 0.25) is 5.02 Å². The molecule has 1 unspecified atom stereocenters. The summed E-state index contributed by atoms with van der Waals surface area (Å²) in [5, 5.41) is 13.6. The lowest BCUT2D eigenvalue weighted by Gasteiger charge is -2.13. The van der Waals surface area contributed by atoms with Crippen molar-refractivity contribution in [2.24, 2.45) is 5.73 Å². The Hall–Kier alpha value is -1.11. The van der Waals surface area contributed by atoms with Crippen molar-refractivity contribution in [2.45, 2.75) is 54.7 Å². The summed E-state index contributed by atoms with van der Waals surface area (Å²) in [6, 6.07) is 6.52. The Morgan fingerprint density at radius 2 is 2.29 bits per heavy atom. The Labute approximate surface area is 133 Å². The number of tetrazole rings is 1. The van der Waals surface area contributed by atoms with E-state index >= 15 is 0 Å². The summed E-state index contributed by atoms with van der Waals surface area (Å²) in [7, 11) is 0. The maximum absolute atomic E-state index is 6.12. The van der Waals surface area contributed by atoms with Crippen molar-refractivity contribution in [3.63, 3.8) is 0 Å². The third-order valence-electron chi connectivity index (χ3n) is 3.59. The quantitative estimate of drug-likeness (QED) is 0.884. The fourth-order valence-corrected chi connectivity index (χ4v) is 3.29. The molecule has 112 valence electrons. The molecule has 0 bridgehead atoms. The molecule has 1 aliphatic carbocycles. The highest BCUT2D eigenvalue weighted by atomic mass is 35.5. The summed E-state index contributed by atoms with van der Waals surface area (Å²) in [6.07, 6.45) is 4.07. The molecule has 0 saturated heterocycles. The van der Waals surface area contributed by atoms with E-state index in [1.807, 2.05) is 22.9 Å². The number of rotatable bonds is 6. The first kappa shape index (κ1) is 14.8. The first-order chi connectivity index (χ1) is 10.2. The van der Waals surface area contributed by atoms with Crippen molar-refractivity contribution in [1.29, 1.82) is 0 Å². The molecule has 1 heterocycles. The standard InChI is InChI=1S/C14H18ClN5S/c1-2-11(16)8-9-7-10(15)3-6-13(9)21-14-17-18-19-20(14)12-4-5-12/h3,6-7,11-12H,2,4-5,8,16H2,1H3. The average Bonchev–Trinajstić information content (AvgIpc) is 3.21. The van der Waals surface area contributed by atoms with Crippen molar-refractivity contribution in [1.82, 2.24) is 20.2 Å². The molecule has 1 aliphatic rings. The zero-order valence-corrected chi connectivity index (χ0v) is 13.4. The number of aromatic nitrogens is 4. The highest BCUT2D eigenvalue weighted by Gasteiger charge is 2.28. The third kappa shape index (κ3) is 3.56. The molecule has 2 N–H and O–H groups in total. The Morgan fingerprint density at radius 1 is 1.48 bits per heavy atom. The topological polar surface area (TPSA) is 69.6 Å². The van der Waals surface area contributed by atoms with E-state index in [2.05, 4.69) is 22.4 Å². The van der Waals surface area contributed by atoms with E-state index in [1.165, 1.54) is 0 Å². The van der Waals surface area contributed by atoms with E-state index in [9.17, 15) is 0 Å². The van der Waals surface area contributed by atoms with Crippen LogP contribution in [0.25, 0.3) is 0 Å². The maximum Gasteiger partial charge on any atom is 0.214 e. The van der Waals surface area contributed by atoms with Gasteiger partial charge >= 0.3 is 0 Å². The van der Waals surface area contributed by atoms with Crippen LogP contribution in [0.3, 0.4) is 0 Å². The molecule has 0 spiro atoms. The van der Waals surface area contributed by atoms with E-state index < -0.39 is 0 Å². The molecule has 21 heavy (non-hydrogen) atoms. The molecule has 3 rings (SSSR count). The van der Waals surface area contributed by atoms with E-state index in [1.54, 1.807) is 11.8 Å². The van der Waals surface area contributed by atoms with Gasteiger partial charge in [0.05, 0.1) is 6.04 Å². The van der Waals surface area contributed by atoms with E-state index in [0.29, 0.717) is 6.04 Å². The lowest BCUT2D eigenvalue weighted by molar-refractivity contribution is 0.565. The van der Waals surface area contributed by atoms with Crippen molar-refractivity contribution < 1.29 is 0 Å². The highest BCUT2D eigenvalue weighted by molar-refractivity contribution is 7.99. The molecule has 1 aromatic carbocycles. The predicted octanol–water partition coefficient (Wildman–Crippen LogP) is 3.09. The average molecular weight is 324 g/mol. The van der Waals surface area contributed by atoms with Gasteiger partial charge in [-0.2, -0.15) is 0 Å². The van der Waals surface area contributed by atoms with Gasteiger partial charge in [-0.25, -0.2) is 4.68 Å². The van der Waals surface area contributed by atoms with Gasteiger partial charge in [0, 0.05) is 16.0 Å². The maximum atomic E-state index is 6.12. The van der Waals surface area contributed by atoms with E-state index in [0.717, 1.165) is 46.3 Å². The largest absolute Gasteiger partial charge is 0.327 e. The van der Waals surface area contributed by atoms with Crippen LogP contribution in [0, 0.1) is 0 Å². The van der Waals surface area contributed by atoms with E-state index in [-0.39, 0.29) is 6.04 Å². The molecule has 7 heteroatoms. The molecule has 1 fully saturated rings. The second-order valence-corrected chi connectivity index (χ2v) is 6.81. The van der Waals surface area contributed by atoms with Gasteiger partial charge in [-0.3, -0.25) is 0 Å². The van der Waals surface area contributed by atoms with Crippen LogP contribution in [-0.4, -0.2) is 26.2 Å². The number of halogens is 1. The summed E-state index contributed by atoms with van der Waals surface area (Å²) >= 11 is 7.71. The molecule has 2 aromatic rings. The first-order valence-electron chi connectivity index (χ1n) is 7.17. The van der Waals surface area contributed by atoms with E-state index in [4.69, 9.17) is 17.3 Å². The zero-order chi connectivity index (χ0) is 14.8. The molecule has 0 aliphatic heterocycles. The monoisotopic (exact) mass is 323 g/mol. The van der Waals surface area contributed by atoms with Crippen LogP contribution in [0.5, 0.6) is 0 Å². The van der Waals surface area contributed by atoms with Crippen molar-refractivity contribution in [3.05, 3.63) is 28.8 Å². The van der Waals surface area contributed by atoms with Crippen molar-refractivity contribution in [2.75, 3.05) is 0 Å². The van der Waals surface area contributed by atoms with Crippen molar-refractivity contribution in [3.8, 4) is 0 Å². The molecule has 5 nitrogen and oxygen atoms in total. The number of benzene rings is 1. The van der Waals surface area contributed by atoms with Crippen LogP contribution < -0.4 is 5.73 Å². The fourth-order valence-electron chi connectivity index (χ4n) is 2.13. The second-order valence-electron chi connectivity index (χ2n) is 5.36. The minimum Gasteiger partial charge on any atom is -0.327 e. The minimum absolute atomic E-state index is 0.141.